The van der Waals surface area contributed by atoms with E-state index in [-0.39, 0.29) is 12.2 Å². The number of rotatable bonds is 4. The first kappa shape index (κ1) is 14.3. The predicted molar refractivity (Wildman–Crippen MR) is 74.9 cm³/mol. The minimum Gasteiger partial charge on any atom is -0.376 e. The summed E-state index contributed by atoms with van der Waals surface area (Å²) < 4.78 is 26.0. The highest BCUT2D eigenvalue weighted by Crippen LogP contribution is 2.15. The number of amides is 1. The highest BCUT2D eigenvalue weighted by atomic mass is 35.5. The molecule has 0 spiro atoms. The molecule has 6 heteroatoms. The average Bonchev–Trinajstić information content (AvgIpc) is 2.41. The third-order valence-corrected chi connectivity index (χ3v) is 2.75. The first-order valence-electron chi connectivity index (χ1n) is 5.79. The van der Waals surface area contributed by atoms with Crippen molar-refractivity contribution >= 4 is 28.9 Å². The molecule has 0 unspecified atom stereocenters. The van der Waals surface area contributed by atoms with Gasteiger partial charge in [0.25, 0.3) is 0 Å². The van der Waals surface area contributed by atoms with Gasteiger partial charge in [0.1, 0.15) is 11.6 Å². The normalized spacial score (nSPS) is 10.2. The SMILES string of the molecule is O=C(CNc1ccc(Cl)cc1)Nc1ccc(F)cc1F. The lowest BCUT2D eigenvalue weighted by molar-refractivity contribution is -0.114. The third-order valence-electron chi connectivity index (χ3n) is 2.50. The van der Waals surface area contributed by atoms with E-state index in [0.717, 1.165) is 6.07 Å². The summed E-state index contributed by atoms with van der Waals surface area (Å²) in [7, 11) is 0. The summed E-state index contributed by atoms with van der Waals surface area (Å²) in [5.41, 5.74) is 0.651. The number of anilines is 2. The second-order valence-electron chi connectivity index (χ2n) is 4.03. The summed E-state index contributed by atoms with van der Waals surface area (Å²) in [6, 6.07) is 9.75. The maximum Gasteiger partial charge on any atom is 0.243 e. The number of benzene rings is 2. The van der Waals surface area contributed by atoms with Crippen LogP contribution in [0.4, 0.5) is 20.2 Å². The molecule has 0 aliphatic rings. The number of hydrogen-bond donors (Lipinski definition) is 2. The van der Waals surface area contributed by atoms with Crippen LogP contribution in [-0.4, -0.2) is 12.5 Å². The highest BCUT2D eigenvalue weighted by Gasteiger charge is 2.07. The van der Waals surface area contributed by atoms with E-state index in [9.17, 15) is 13.6 Å². The van der Waals surface area contributed by atoms with Crippen molar-refractivity contribution in [1.29, 1.82) is 0 Å². The summed E-state index contributed by atoms with van der Waals surface area (Å²) in [6.07, 6.45) is 0. The zero-order chi connectivity index (χ0) is 14.5. The van der Waals surface area contributed by atoms with Crippen LogP contribution in [0, 0.1) is 11.6 Å². The molecule has 2 aromatic rings. The zero-order valence-electron chi connectivity index (χ0n) is 10.3. The van der Waals surface area contributed by atoms with E-state index >= 15 is 0 Å². The molecule has 1 amide bonds. The number of carbonyl (C=O) groups excluding carboxylic acids is 1. The molecule has 0 saturated carbocycles. The van der Waals surface area contributed by atoms with E-state index in [0.29, 0.717) is 16.8 Å². The Bertz CT molecular complexity index is 617. The fourth-order valence-corrected chi connectivity index (χ4v) is 1.66. The predicted octanol–water partition coefficient (Wildman–Crippen LogP) is 3.67. The summed E-state index contributed by atoms with van der Waals surface area (Å²) >= 11 is 5.73. The van der Waals surface area contributed by atoms with Crippen molar-refractivity contribution in [3.05, 3.63) is 59.1 Å². The first-order valence-corrected chi connectivity index (χ1v) is 6.17. The van der Waals surface area contributed by atoms with Gasteiger partial charge in [-0.1, -0.05) is 11.6 Å². The molecule has 104 valence electrons. The Morgan fingerprint density at radius 1 is 1.10 bits per heavy atom. The van der Waals surface area contributed by atoms with Crippen LogP contribution < -0.4 is 10.6 Å². The van der Waals surface area contributed by atoms with Crippen LogP contribution in [0.25, 0.3) is 0 Å². The van der Waals surface area contributed by atoms with E-state index in [4.69, 9.17) is 11.6 Å². The Morgan fingerprint density at radius 3 is 2.45 bits per heavy atom. The number of halogens is 3. The van der Waals surface area contributed by atoms with Crippen LogP contribution in [-0.2, 0) is 4.79 Å². The van der Waals surface area contributed by atoms with Gasteiger partial charge in [-0.15, -0.1) is 0 Å². The van der Waals surface area contributed by atoms with Crippen molar-refractivity contribution in [1.82, 2.24) is 0 Å². The molecular formula is C14H11ClF2N2O. The molecule has 0 saturated heterocycles. The van der Waals surface area contributed by atoms with Crippen molar-refractivity contribution in [2.45, 2.75) is 0 Å². The van der Waals surface area contributed by atoms with Crippen LogP contribution in [0.5, 0.6) is 0 Å². The monoisotopic (exact) mass is 296 g/mol. The molecule has 0 heterocycles. The van der Waals surface area contributed by atoms with Gasteiger partial charge < -0.3 is 10.6 Å². The zero-order valence-corrected chi connectivity index (χ0v) is 11.0. The average molecular weight is 297 g/mol. The second-order valence-corrected chi connectivity index (χ2v) is 4.47. The standard InChI is InChI=1S/C14H11ClF2N2O/c15-9-1-4-11(5-2-9)18-8-14(20)19-13-6-3-10(16)7-12(13)17/h1-7,18H,8H2,(H,19,20). The molecule has 0 bridgehead atoms. The molecule has 20 heavy (non-hydrogen) atoms. The minimum absolute atomic E-state index is 0.0432. The molecule has 0 atom stereocenters. The van der Waals surface area contributed by atoms with E-state index in [2.05, 4.69) is 10.6 Å². The van der Waals surface area contributed by atoms with Crippen molar-refractivity contribution in [3.63, 3.8) is 0 Å². The lowest BCUT2D eigenvalue weighted by atomic mass is 10.3. The summed E-state index contributed by atoms with van der Waals surface area (Å²) in [4.78, 5) is 11.6. The minimum atomic E-state index is -0.815. The van der Waals surface area contributed by atoms with Gasteiger partial charge >= 0.3 is 0 Å². The first-order chi connectivity index (χ1) is 9.54. The Labute approximate surface area is 119 Å². The second kappa shape index (κ2) is 6.34. The molecule has 2 rings (SSSR count). The van der Waals surface area contributed by atoms with E-state index in [1.54, 1.807) is 24.3 Å². The molecule has 2 aromatic carbocycles. The van der Waals surface area contributed by atoms with E-state index < -0.39 is 17.5 Å². The van der Waals surface area contributed by atoms with Crippen LogP contribution in [0.15, 0.2) is 42.5 Å². The Morgan fingerprint density at radius 2 is 1.80 bits per heavy atom. The molecule has 0 aliphatic carbocycles. The number of nitrogens with one attached hydrogen (secondary N) is 2. The summed E-state index contributed by atoms with van der Waals surface area (Å²) in [5.74, 6) is -1.95. The number of hydrogen-bond acceptors (Lipinski definition) is 2. The highest BCUT2D eigenvalue weighted by molar-refractivity contribution is 6.30. The largest absolute Gasteiger partial charge is 0.376 e. The smallest absolute Gasteiger partial charge is 0.243 e. The maximum absolute atomic E-state index is 13.3. The van der Waals surface area contributed by atoms with Crippen molar-refractivity contribution in [3.8, 4) is 0 Å². The van der Waals surface area contributed by atoms with Crippen molar-refractivity contribution in [2.24, 2.45) is 0 Å². The fraction of sp³-hybridized carbons (Fsp3) is 0.0714. The Kier molecular flexibility index (Phi) is 4.53. The van der Waals surface area contributed by atoms with Gasteiger partial charge in [-0.05, 0) is 36.4 Å². The van der Waals surface area contributed by atoms with Crippen LogP contribution >= 0.6 is 11.6 Å². The van der Waals surface area contributed by atoms with Crippen molar-refractivity contribution in [2.75, 3.05) is 17.2 Å². The molecule has 0 radical (unpaired) electrons. The molecule has 2 N–H and O–H groups in total. The van der Waals surface area contributed by atoms with Gasteiger partial charge in [0.2, 0.25) is 5.91 Å². The van der Waals surface area contributed by atoms with Crippen LogP contribution in [0.1, 0.15) is 0 Å². The fourth-order valence-electron chi connectivity index (χ4n) is 1.54. The molecule has 0 aromatic heterocycles. The lowest BCUT2D eigenvalue weighted by Crippen LogP contribution is -2.22. The van der Waals surface area contributed by atoms with Gasteiger partial charge in [0, 0.05) is 16.8 Å². The number of carbonyl (C=O) groups is 1. The van der Waals surface area contributed by atoms with Gasteiger partial charge in [0.05, 0.1) is 12.2 Å². The van der Waals surface area contributed by atoms with Gasteiger partial charge in [-0.3, -0.25) is 4.79 Å². The molecular weight excluding hydrogens is 286 g/mol. The van der Waals surface area contributed by atoms with Crippen LogP contribution in [0.2, 0.25) is 5.02 Å². The topological polar surface area (TPSA) is 41.1 Å². The van der Waals surface area contributed by atoms with Crippen molar-refractivity contribution < 1.29 is 13.6 Å². The maximum atomic E-state index is 13.3. The molecule has 0 fully saturated rings. The van der Waals surface area contributed by atoms with Gasteiger partial charge in [0.15, 0.2) is 0 Å². The van der Waals surface area contributed by atoms with Gasteiger partial charge in [-0.25, -0.2) is 8.78 Å². The van der Waals surface area contributed by atoms with Gasteiger partial charge in [-0.2, -0.15) is 0 Å². The summed E-state index contributed by atoms with van der Waals surface area (Å²) in [5, 5.41) is 5.80. The summed E-state index contributed by atoms with van der Waals surface area (Å²) in [6.45, 7) is -0.0432. The quantitative estimate of drug-likeness (QED) is 0.904. The van der Waals surface area contributed by atoms with Crippen LogP contribution in [0.3, 0.4) is 0 Å². The lowest BCUT2D eigenvalue weighted by Gasteiger charge is -2.08. The third kappa shape index (κ3) is 3.93. The molecule has 0 aliphatic heterocycles. The Hall–Kier alpha value is -2.14. The van der Waals surface area contributed by atoms with E-state index in [1.807, 2.05) is 0 Å². The molecule has 3 nitrogen and oxygen atoms in total. The Balaban J connectivity index is 1.90. The van der Waals surface area contributed by atoms with E-state index in [1.165, 1.54) is 6.07 Å².